The second kappa shape index (κ2) is 6.56. The molecule has 1 amide bonds. The number of nitrogens with zero attached hydrogens (tertiary/aromatic N) is 1. The smallest absolute Gasteiger partial charge is 0.268 e. The number of aromatic amines is 1. The van der Waals surface area contributed by atoms with E-state index in [-0.39, 0.29) is 18.6 Å². The summed E-state index contributed by atoms with van der Waals surface area (Å²) >= 11 is 0. The van der Waals surface area contributed by atoms with Crippen LogP contribution >= 0.6 is 0 Å². The minimum Gasteiger partial charge on any atom is -0.490 e. The fourth-order valence-corrected chi connectivity index (χ4v) is 3.55. The Kier molecular flexibility index (Phi) is 3.90. The van der Waals surface area contributed by atoms with Crippen LogP contribution in [-0.4, -0.2) is 22.2 Å². The topological polar surface area (TPSA) is 80.2 Å². The highest BCUT2D eigenvalue weighted by molar-refractivity contribution is 5.97. The molecule has 0 radical (unpaired) electrons. The SMILES string of the molecule is CC1Cc2ccc(-c3cc(CNC(=O)c4cc5ccccc5[nH]4)no3)cc2O1. The zero-order valence-corrected chi connectivity index (χ0v) is 15.4. The van der Waals surface area contributed by atoms with Gasteiger partial charge in [0.05, 0.1) is 6.54 Å². The number of rotatable bonds is 4. The van der Waals surface area contributed by atoms with Crippen molar-refractivity contribution < 1.29 is 14.1 Å². The lowest BCUT2D eigenvalue weighted by Gasteiger charge is -2.03. The fraction of sp³-hybridized carbons (Fsp3) is 0.182. The maximum absolute atomic E-state index is 12.4. The van der Waals surface area contributed by atoms with Gasteiger partial charge in [-0.3, -0.25) is 4.79 Å². The van der Waals surface area contributed by atoms with Crippen LogP contribution in [-0.2, 0) is 13.0 Å². The van der Waals surface area contributed by atoms with Gasteiger partial charge in [0.15, 0.2) is 5.76 Å². The Morgan fingerprint density at radius 1 is 1.21 bits per heavy atom. The number of carbonyl (C=O) groups is 1. The molecule has 140 valence electrons. The molecule has 1 aliphatic heterocycles. The second-order valence-electron chi connectivity index (χ2n) is 7.09. The summed E-state index contributed by atoms with van der Waals surface area (Å²) in [6.07, 6.45) is 1.13. The lowest BCUT2D eigenvalue weighted by Crippen LogP contribution is -2.23. The van der Waals surface area contributed by atoms with Gasteiger partial charge in [0.25, 0.3) is 5.91 Å². The second-order valence-corrected chi connectivity index (χ2v) is 7.09. The molecule has 0 spiro atoms. The van der Waals surface area contributed by atoms with Crippen molar-refractivity contribution in [2.45, 2.75) is 26.0 Å². The van der Waals surface area contributed by atoms with Crippen LogP contribution in [0.3, 0.4) is 0 Å². The molecule has 2 N–H and O–H groups in total. The number of carbonyl (C=O) groups excluding carboxylic acids is 1. The van der Waals surface area contributed by atoms with Crippen molar-refractivity contribution in [3.05, 3.63) is 71.5 Å². The molecular weight excluding hydrogens is 354 g/mol. The van der Waals surface area contributed by atoms with Gasteiger partial charge in [0.2, 0.25) is 0 Å². The van der Waals surface area contributed by atoms with E-state index in [0.717, 1.165) is 28.6 Å². The standard InChI is InChI=1S/C22H19N3O3/c1-13-8-15-6-7-16(10-20(15)27-13)21-11-17(25-28-21)12-23-22(26)19-9-14-4-2-3-5-18(14)24-19/h2-7,9-11,13,24H,8,12H2,1H3,(H,23,26). The molecule has 0 aliphatic carbocycles. The van der Waals surface area contributed by atoms with E-state index in [2.05, 4.69) is 28.4 Å². The number of H-pyrrole nitrogens is 1. The highest BCUT2D eigenvalue weighted by Gasteiger charge is 2.20. The highest BCUT2D eigenvalue weighted by Crippen LogP contribution is 2.33. The summed E-state index contributed by atoms with van der Waals surface area (Å²) in [6.45, 7) is 2.35. The van der Waals surface area contributed by atoms with Gasteiger partial charge < -0.3 is 19.6 Å². The van der Waals surface area contributed by atoms with E-state index in [0.29, 0.717) is 17.1 Å². The largest absolute Gasteiger partial charge is 0.490 e. The highest BCUT2D eigenvalue weighted by atomic mass is 16.5. The molecule has 5 rings (SSSR count). The number of amides is 1. The fourth-order valence-electron chi connectivity index (χ4n) is 3.55. The molecule has 3 heterocycles. The van der Waals surface area contributed by atoms with Crippen molar-refractivity contribution >= 4 is 16.8 Å². The normalized spacial score (nSPS) is 15.4. The molecular formula is C22H19N3O3. The number of hydrogen-bond acceptors (Lipinski definition) is 4. The Bertz CT molecular complexity index is 1140. The van der Waals surface area contributed by atoms with E-state index >= 15 is 0 Å². The average molecular weight is 373 g/mol. The Morgan fingerprint density at radius 2 is 2.11 bits per heavy atom. The Morgan fingerprint density at radius 3 is 3.00 bits per heavy atom. The maximum atomic E-state index is 12.4. The summed E-state index contributed by atoms with van der Waals surface area (Å²) in [6, 6.07) is 17.5. The van der Waals surface area contributed by atoms with Crippen LogP contribution in [0.2, 0.25) is 0 Å². The van der Waals surface area contributed by atoms with Crippen molar-refractivity contribution in [1.29, 1.82) is 0 Å². The first-order valence-corrected chi connectivity index (χ1v) is 9.27. The van der Waals surface area contributed by atoms with Crippen molar-refractivity contribution in [1.82, 2.24) is 15.5 Å². The predicted molar refractivity (Wildman–Crippen MR) is 105 cm³/mol. The number of aromatic nitrogens is 2. The molecule has 1 unspecified atom stereocenters. The Balaban J connectivity index is 1.28. The Hall–Kier alpha value is -3.54. The van der Waals surface area contributed by atoms with E-state index in [4.69, 9.17) is 9.26 Å². The summed E-state index contributed by atoms with van der Waals surface area (Å²) in [4.78, 5) is 15.5. The lowest BCUT2D eigenvalue weighted by atomic mass is 10.1. The van der Waals surface area contributed by atoms with Gasteiger partial charge in [-0.05, 0) is 30.7 Å². The molecule has 2 aromatic heterocycles. The number of nitrogens with one attached hydrogen (secondary N) is 2. The van der Waals surface area contributed by atoms with E-state index in [1.807, 2.05) is 48.5 Å². The molecule has 0 saturated heterocycles. The molecule has 0 saturated carbocycles. The van der Waals surface area contributed by atoms with Crippen molar-refractivity contribution in [2.24, 2.45) is 0 Å². The zero-order chi connectivity index (χ0) is 19.1. The summed E-state index contributed by atoms with van der Waals surface area (Å²) in [5, 5.41) is 7.94. The Labute approximate surface area is 161 Å². The van der Waals surface area contributed by atoms with Crippen LogP contribution < -0.4 is 10.1 Å². The molecule has 2 aromatic carbocycles. The summed E-state index contributed by atoms with van der Waals surface area (Å²) in [7, 11) is 0. The number of hydrogen-bond donors (Lipinski definition) is 2. The molecule has 0 bridgehead atoms. The summed E-state index contributed by atoms with van der Waals surface area (Å²) < 4.78 is 11.3. The first-order valence-electron chi connectivity index (χ1n) is 9.27. The lowest BCUT2D eigenvalue weighted by molar-refractivity contribution is 0.0946. The molecule has 28 heavy (non-hydrogen) atoms. The molecule has 0 fully saturated rings. The van der Waals surface area contributed by atoms with E-state index < -0.39 is 0 Å². The molecule has 6 heteroatoms. The van der Waals surface area contributed by atoms with Gasteiger partial charge >= 0.3 is 0 Å². The third-order valence-electron chi connectivity index (χ3n) is 4.95. The molecule has 4 aromatic rings. The van der Waals surface area contributed by atoms with E-state index in [1.54, 1.807) is 0 Å². The number of ether oxygens (including phenoxy) is 1. The predicted octanol–water partition coefficient (Wildman–Crippen LogP) is 4.08. The van der Waals surface area contributed by atoms with Crippen molar-refractivity contribution in [3.63, 3.8) is 0 Å². The number of benzene rings is 2. The van der Waals surface area contributed by atoms with Crippen LogP contribution in [0.1, 0.15) is 28.7 Å². The van der Waals surface area contributed by atoms with Crippen LogP contribution in [0.5, 0.6) is 5.75 Å². The third-order valence-corrected chi connectivity index (χ3v) is 4.95. The van der Waals surface area contributed by atoms with E-state index in [1.165, 1.54) is 5.56 Å². The first kappa shape index (κ1) is 16.6. The van der Waals surface area contributed by atoms with E-state index in [9.17, 15) is 4.79 Å². The number of para-hydroxylation sites is 1. The van der Waals surface area contributed by atoms with Crippen molar-refractivity contribution in [2.75, 3.05) is 0 Å². The molecule has 6 nitrogen and oxygen atoms in total. The zero-order valence-electron chi connectivity index (χ0n) is 15.4. The summed E-state index contributed by atoms with van der Waals surface area (Å²) in [5.74, 6) is 1.37. The van der Waals surface area contributed by atoms with Gasteiger partial charge in [-0.1, -0.05) is 35.5 Å². The van der Waals surface area contributed by atoms with Crippen molar-refractivity contribution in [3.8, 4) is 17.1 Å². The van der Waals surface area contributed by atoms with Gasteiger partial charge in [0.1, 0.15) is 23.2 Å². The van der Waals surface area contributed by atoms with Gasteiger partial charge in [0, 0.05) is 29.0 Å². The first-order chi connectivity index (χ1) is 13.7. The van der Waals surface area contributed by atoms with Crippen LogP contribution in [0.15, 0.2) is 59.1 Å². The average Bonchev–Trinajstić information content (AvgIpc) is 3.42. The number of fused-ring (bicyclic) bond motifs is 2. The minimum atomic E-state index is -0.180. The van der Waals surface area contributed by atoms with Crippen LogP contribution in [0.4, 0.5) is 0 Å². The summed E-state index contributed by atoms with van der Waals surface area (Å²) in [5.41, 5.74) is 4.24. The van der Waals surface area contributed by atoms with Crippen LogP contribution in [0, 0.1) is 0 Å². The quantitative estimate of drug-likeness (QED) is 0.565. The van der Waals surface area contributed by atoms with Gasteiger partial charge in [-0.2, -0.15) is 0 Å². The molecule has 1 atom stereocenters. The monoisotopic (exact) mass is 373 g/mol. The maximum Gasteiger partial charge on any atom is 0.268 e. The molecule has 1 aliphatic rings. The van der Waals surface area contributed by atoms with Crippen LogP contribution in [0.25, 0.3) is 22.2 Å². The minimum absolute atomic E-state index is 0.180. The van der Waals surface area contributed by atoms with Gasteiger partial charge in [-0.25, -0.2) is 0 Å². The third kappa shape index (κ3) is 3.03. The van der Waals surface area contributed by atoms with Gasteiger partial charge in [-0.15, -0.1) is 0 Å².